The Labute approximate surface area is 105 Å². The molecular formula is C12H15FN2OS. The molecule has 1 aromatic carbocycles. The number of nitrogens with one attached hydrogen (secondary N) is 2. The zero-order valence-electron chi connectivity index (χ0n) is 9.63. The van der Waals surface area contributed by atoms with Crippen molar-refractivity contribution in [1.29, 1.82) is 0 Å². The van der Waals surface area contributed by atoms with Crippen LogP contribution in [-0.2, 0) is 0 Å². The lowest BCUT2D eigenvalue weighted by atomic mass is 10.2. The molecule has 0 spiro atoms. The third-order valence-corrected chi connectivity index (χ3v) is 2.40. The predicted octanol–water partition coefficient (Wildman–Crippen LogP) is 2.23. The third kappa shape index (κ3) is 4.91. The molecule has 0 saturated heterocycles. The summed E-state index contributed by atoms with van der Waals surface area (Å²) in [7, 11) is 0. The van der Waals surface area contributed by atoms with Gasteiger partial charge in [0.05, 0.1) is 0 Å². The highest BCUT2D eigenvalue weighted by atomic mass is 32.1. The van der Waals surface area contributed by atoms with Crippen LogP contribution in [0, 0.1) is 5.82 Å². The highest BCUT2D eigenvalue weighted by molar-refractivity contribution is 7.80. The molecule has 1 aromatic rings. The first-order chi connectivity index (χ1) is 8.13. The number of hydrogen-bond acceptors (Lipinski definition) is 2. The average Bonchev–Trinajstić information content (AvgIpc) is 2.30. The number of thiocarbonyl (C=S) groups is 1. The molecule has 3 nitrogen and oxygen atoms in total. The number of benzene rings is 1. The van der Waals surface area contributed by atoms with Crippen molar-refractivity contribution in [3.63, 3.8) is 0 Å². The van der Waals surface area contributed by atoms with Crippen LogP contribution in [0.5, 0.6) is 0 Å². The van der Waals surface area contributed by atoms with Gasteiger partial charge in [0.1, 0.15) is 5.82 Å². The fraction of sp³-hybridized carbons (Fsp3) is 0.333. The van der Waals surface area contributed by atoms with E-state index in [4.69, 9.17) is 12.2 Å². The highest BCUT2D eigenvalue weighted by Crippen LogP contribution is 2.02. The van der Waals surface area contributed by atoms with Gasteiger partial charge in [-0.05, 0) is 42.9 Å². The standard InChI is InChI=1S/C12H15FN2OS/c1-2-3-8-14-12(17)15-11(16)9-4-6-10(13)7-5-9/h4-7H,2-3,8H2,1H3,(H2,14,15,16,17). The SMILES string of the molecule is CCCCNC(=S)NC(=O)c1ccc(F)cc1. The van der Waals surface area contributed by atoms with Gasteiger partial charge in [0, 0.05) is 12.1 Å². The average molecular weight is 254 g/mol. The Bertz CT molecular complexity index is 392. The van der Waals surface area contributed by atoms with Crippen LogP contribution in [0.1, 0.15) is 30.1 Å². The second-order valence-corrected chi connectivity index (χ2v) is 3.98. The molecule has 5 heteroatoms. The summed E-state index contributed by atoms with van der Waals surface area (Å²) in [5, 5.41) is 5.75. The molecule has 0 unspecified atom stereocenters. The quantitative estimate of drug-likeness (QED) is 0.639. The normalized spacial score (nSPS) is 9.76. The van der Waals surface area contributed by atoms with Gasteiger partial charge in [0.15, 0.2) is 5.11 Å². The number of rotatable bonds is 4. The summed E-state index contributed by atoms with van der Waals surface area (Å²) >= 11 is 4.95. The summed E-state index contributed by atoms with van der Waals surface area (Å²) in [6, 6.07) is 5.31. The molecule has 0 atom stereocenters. The molecular weight excluding hydrogens is 239 g/mol. The van der Waals surface area contributed by atoms with Crippen molar-refractivity contribution in [2.75, 3.05) is 6.54 Å². The molecule has 0 radical (unpaired) electrons. The molecule has 0 fully saturated rings. The van der Waals surface area contributed by atoms with Crippen LogP contribution in [0.3, 0.4) is 0 Å². The lowest BCUT2D eigenvalue weighted by molar-refractivity contribution is 0.0976. The Balaban J connectivity index is 2.43. The largest absolute Gasteiger partial charge is 0.362 e. The summed E-state index contributed by atoms with van der Waals surface area (Å²) < 4.78 is 12.6. The topological polar surface area (TPSA) is 41.1 Å². The second-order valence-electron chi connectivity index (χ2n) is 3.57. The van der Waals surface area contributed by atoms with Crippen molar-refractivity contribution in [2.24, 2.45) is 0 Å². The maximum Gasteiger partial charge on any atom is 0.257 e. The maximum absolute atomic E-state index is 12.6. The molecule has 0 aromatic heterocycles. The minimum absolute atomic E-state index is 0.299. The molecule has 0 aliphatic carbocycles. The van der Waals surface area contributed by atoms with Gasteiger partial charge in [0.25, 0.3) is 5.91 Å². The van der Waals surface area contributed by atoms with Gasteiger partial charge >= 0.3 is 0 Å². The van der Waals surface area contributed by atoms with Crippen LogP contribution in [0.25, 0.3) is 0 Å². The van der Waals surface area contributed by atoms with Crippen LogP contribution >= 0.6 is 12.2 Å². The zero-order valence-corrected chi connectivity index (χ0v) is 10.4. The number of carbonyl (C=O) groups is 1. The van der Waals surface area contributed by atoms with Gasteiger partial charge in [-0.1, -0.05) is 13.3 Å². The van der Waals surface area contributed by atoms with E-state index in [1.807, 2.05) is 0 Å². The van der Waals surface area contributed by atoms with E-state index >= 15 is 0 Å². The molecule has 17 heavy (non-hydrogen) atoms. The van der Waals surface area contributed by atoms with Gasteiger partial charge in [-0.2, -0.15) is 0 Å². The highest BCUT2D eigenvalue weighted by Gasteiger charge is 2.06. The Morgan fingerprint density at radius 1 is 1.35 bits per heavy atom. The molecule has 0 aliphatic heterocycles. The predicted molar refractivity (Wildman–Crippen MR) is 69.4 cm³/mol. The van der Waals surface area contributed by atoms with Gasteiger partial charge < -0.3 is 5.32 Å². The number of carbonyl (C=O) groups excluding carboxylic acids is 1. The number of unbranched alkanes of at least 4 members (excludes halogenated alkanes) is 1. The lowest BCUT2D eigenvalue weighted by Crippen LogP contribution is -2.39. The minimum atomic E-state index is -0.370. The minimum Gasteiger partial charge on any atom is -0.362 e. The van der Waals surface area contributed by atoms with Gasteiger partial charge in [-0.25, -0.2) is 4.39 Å². The van der Waals surface area contributed by atoms with E-state index in [2.05, 4.69) is 17.6 Å². The van der Waals surface area contributed by atoms with Crippen molar-refractivity contribution < 1.29 is 9.18 Å². The molecule has 0 heterocycles. The van der Waals surface area contributed by atoms with Crippen molar-refractivity contribution in [1.82, 2.24) is 10.6 Å². The van der Waals surface area contributed by atoms with Crippen molar-refractivity contribution in [3.05, 3.63) is 35.6 Å². The first kappa shape index (κ1) is 13.6. The molecule has 1 rings (SSSR count). The monoisotopic (exact) mass is 254 g/mol. The van der Waals surface area contributed by atoms with Crippen LogP contribution in [0.15, 0.2) is 24.3 Å². The number of amides is 1. The van der Waals surface area contributed by atoms with Crippen molar-refractivity contribution in [2.45, 2.75) is 19.8 Å². The Morgan fingerprint density at radius 3 is 2.59 bits per heavy atom. The summed E-state index contributed by atoms with van der Waals surface area (Å²) in [6.45, 7) is 2.81. The molecule has 0 bridgehead atoms. The Morgan fingerprint density at radius 2 is 2.00 bits per heavy atom. The summed E-state index contributed by atoms with van der Waals surface area (Å²) in [5.74, 6) is -0.704. The number of halogens is 1. The second kappa shape index (κ2) is 6.96. The van der Waals surface area contributed by atoms with Gasteiger partial charge in [-0.15, -0.1) is 0 Å². The van der Waals surface area contributed by atoms with Crippen LogP contribution < -0.4 is 10.6 Å². The van der Waals surface area contributed by atoms with Crippen molar-refractivity contribution in [3.8, 4) is 0 Å². The van der Waals surface area contributed by atoms with Gasteiger partial charge in [0.2, 0.25) is 0 Å². The Kier molecular flexibility index (Phi) is 5.56. The van der Waals surface area contributed by atoms with E-state index in [-0.39, 0.29) is 11.7 Å². The van der Waals surface area contributed by atoms with E-state index < -0.39 is 0 Å². The first-order valence-electron chi connectivity index (χ1n) is 5.48. The van der Waals surface area contributed by atoms with Crippen LogP contribution in [0.2, 0.25) is 0 Å². The first-order valence-corrected chi connectivity index (χ1v) is 5.89. The van der Waals surface area contributed by atoms with E-state index in [0.29, 0.717) is 10.7 Å². The molecule has 2 N–H and O–H groups in total. The molecule has 0 aliphatic rings. The lowest BCUT2D eigenvalue weighted by Gasteiger charge is -2.08. The van der Waals surface area contributed by atoms with Crippen LogP contribution in [0.4, 0.5) is 4.39 Å². The zero-order chi connectivity index (χ0) is 12.7. The Hall–Kier alpha value is -1.49. The third-order valence-electron chi connectivity index (χ3n) is 2.15. The van der Waals surface area contributed by atoms with E-state index in [9.17, 15) is 9.18 Å². The summed E-state index contributed by atoms with van der Waals surface area (Å²) in [5.41, 5.74) is 0.381. The van der Waals surface area contributed by atoms with E-state index in [0.717, 1.165) is 19.4 Å². The fourth-order valence-electron chi connectivity index (χ4n) is 1.20. The fourth-order valence-corrected chi connectivity index (χ4v) is 1.39. The number of hydrogen-bond donors (Lipinski definition) is 2. The maximum atomic E-state index is 12.6. The molecule has 92 valence electrons. The molecule has 0 saturated carbocycles. The summed E-state index contributed by atoms with van der Waals surface area (Å²) in [4.78, 5) is 11.6. The molecule has 1 amide bonds. The smallest absolute Gasteiger partial charge is 0.257 e. The van der Waals surface area contributed by atoms with E-state index in [1.165, 1.54) is 24.3 Å². The van der Waals surface area contributed by atoms with Crippen molar-refractivity contribution >= 4 is 23.2 Å². The van der Waals surface area contributed by atoms with Crippen LogP contribution in [-0.4, -0.2) is 17.6 Å². The summed E-state index contributed by atoms with van der Waals surface area (Å²) in [6.07, 6.45) is 2.05. The van der Waals surface area contributed by atoms with Gasteiger partial charge in [-0.3, -0.25) is 10.1 Å². The van der Waals surface area contributed by atoms with E-state index in [1.54, 1.807) is 0 Å².